The van der Waals surface area contributed by atoms with E-state index in [0.717, 1.165) is 6.42 Å². The van der Waals surface area contributed by atoms with E-state index in [2.05, 4.69) is 16.9 Å². The van der Waals surface area contributed by atoms with E-state index in [0.29, 0.717) is 11.0 Å². The summed E-state index contributed by atoms with van der Waals surface area (Å²) in [5.41, 5.74) is 11.8. The first-order chi connectivity index (χ1) is 6.66. The lowest BCUT2D eigenvalue weighted by Gasteiger charge is -2.15. The molecule has 0 saturated heterocycles. The van der Waals surface area contributed by atoms with Crippen molar-refractivity contribution < 1.29 is 0 Å². The van der Waals surface area contributed by atoms with Crippen LogP contribution >= 0.6 is 11.3 Å². The minimum atomic E-state index is 0.0868. The summed E-state index contributed by atoms with van der Waals surface area (Å²) >= 11 is 1.61. The van der Waals surface area contributed by atoms with Crippen LogP contribution in [0.15, 0.2) is 4.99 Å². The van der Waals surface area contributed by atoms with Gasteiger partial charge in [0, 0.05) is 4.88 Å². The molecule has 1 atom stereocenters. The lowest BCUT2D eigenvalue weighted by atomic mass is 9.93. The van der Waals surface area contributed by atoms with Crippen LogP contribution in [0.25, 0.3) is 0 Å². The van der Waals surface area contributed by atoms with Crippen molar-refractivity contribution in [3.8, 4) is 0 Å². The molecule has 1 heterocycles. The van der Waals surface area contributed by atoms with Gasteiger partial charge < -0.3 is 11.5 Å². The number of fused-ring (bicyclic) bond motifs is 1. The average Bonchev–Trinajstić information content (AvgIpc) is 2.47. The molecule has 14 heavy (non-hydrogen) atoms. The molecule has 1 aliphatic rings. The fourth-order valence-corrected chi connectivity index (χ4v) is 2.89. The smallest absolute Gasteiger partial charge is 0.212 e. The van der Waals surface area contributed by atoms with Crippen molar-refractivity contribution in [1.29, 1.82) is 0 Å². The molecular weight excluding hydrogens is 196 g/mol. The Hall–Kier alpha value is -1.10. The van der Waals surface area contributed by atoms with Crippen LogP contribution in [-0.4, -0.2) is 10.9 Å². The first-order valence-corrected chi connectivity index (χ1v) is 5.57. The molecule has 1 aromatic heterocycles. The topological polar surface area (TPSA) is 77.3 Å². The number of nitrogens with zero attached hydrogens (tertiary/aromatic N) is 2. The SMILES string of the molecule is CC1CCCc2sc(N=C(N)N)nc21. The molecule has 1 aromatic rings. The highest BCUT2D eigenvalue weighted by Gasteiger charge is 2.20. The Morgan fingerprint density at radius 3 is 3.00 bits per heavy atom. The molecule has 76 valence electrons. The second-order valence-electron chi connectivity index (χ2n) is 3.63. The van der Waals surface area contributed by atoms with Gasteiger partial charge in [-0.2, -0.15) is 4.99 Å². The fraction of sp³-hybridized carbons (Fsp3) is 0.556. The van der Waals surface area contributed by atoms with Crippen LogP contribution < -0.4 is 11.5 Å². The summed E-state index contributed by atoms with van der Waals surface area (Å²) in [4.78, 5) is 9.77. The highest BCUT2D eigenvalue weighted by atomic mass is 32.1. The summed E-state index contributed by atoms with van der Waals surface area (Å²) in [5, 5.41) is 0.698. The van der Waals surface area contributed by atoms with Gasteiger partial charge in [-0.15, -0.1) is 0 Å². The molecule has 0 spiro atoms. The molecule has 2 rings (SSSR count). The average molecular weight is 210 g/mol. The number of rotatable bonds is 1. The van der Waals surface area contributed by atoms with Gasteiger partial charge in [-0.3, -0.25) is 0 Å². The Morgan fingerprint density at radius 2 is 2.36 bits per heavy atom. The van der Waals surface area contributed by atoms with Crippen molar-refractivity contribution in [2.45, 2.75) is 32.1 Å². The quantitative estimate of drug-likeness (QED) is 0.544. The molecule has 0 aliphatic heterocycles. The van der Waals surface area contributed by atoms with Crippen molar-refractivity contribution in [2.75, 3.05) is 0 Å². The second-order valence-corrected chi connectivity index (χ2v) is 4.70. The highest BCUT2D eigenvalue weighted by Crippen LogP contribution is 2.37. The van der Waals surface area contributed by atoms with E-state index < -0.39 is 0 Å². The maximum atomic E-state index is 5.31. The number of aromatic nitrogens is 1. The maximum Gasteiger partial charge on any atom is 0.212 e. The summed E-state index contributed by atoms with van der Waals surface area (Å²) in [5.74, 6) is 0.640. The van der Waals surface area contributed by atoms with Gasteiger partial charge >= 0.3 is 0 Å². The summed E-state index contributed by atoms with van der Waals surface area (Å²) in [6, 6.07) is 0. The lowest BCUT2D eigenvalue weighted by Crippen LogP contribution is -2.21. The fourth-order valence-electron chi connectivity index (χ4n) is 1.78. The molecule has 0 bridgehead atoms. The van der Waals surface area contributed by atoms with Gasteiger partial charge in [0.25, 0.3) is 0 Å². The van der Waals surface area contributed by atoms with Crippen LogP contribution in [0.4, 0.5) is 5.13 Å². The summed E-state index contributed by atoms with van der Waals surface area (Å²) in [6.07, 6.45) is 3.59. The predicted molar refractivity (Wildman–Crippen MR) is 58.9 cm³/mol. The van der Waals surface area contributed by atoms with Crippen molar-refractivity contribution >= 4 is 22.4 Å². The molecule has 1 aliphatic carbocycles. The lowest BCUT2D eigenvalue weighted by molar-refractivity contribution is 0.584. The number of aryl methyl sites for hydroxylation is 1. The molecule has 4 nitrogen and oxygen atoms in total. The van der Waals surface area contributed by atoms with E-state index in [1.165, 1.54) is 23.4 Å². The van der Waals surface area contributed by atoms with Crippen LogP contribution in [-0.2, 0) is 6.42 Å². The largest absolute Gasteiger partial charge is 0.370 e. The normalized spacial score (nSPS) is 20.2. The van der Waals surface area contributed by atoms with E-state index in [9.17, 15) is 0 Å². The molecule has 0 amide bonds. The number of thiazole rings is 1. The van der Waals surface area contributed by atoms with Crippen LogP contribution in [0.5, 0.6) is 0 Å². The monoisotopic (exact) mass is 210 g/mol. The van der Waals surface area contributed by atoms with Gasteiger partial charge in [-0.1, -0.05) is 18.3 Å². The van der Waals surface area contributed by atoms with Crippen LogP contribution in [0.1, 0.15) is 36.3 Å². The van der Waals surface area contributed by atoms with Crippen LogP contribution in [0.3, 0.4) is 0 Å². The minimum Gasteiger partial charge on any atom is -0.370 e. The zero-order chi connectivity index (χ0) is 10.1. The number of nitrogens with two attached hydrogens (primary N) is 2. The Balaban J connectivity index is 2.35. The van der Waals surface area contributed by atoms with Gasteiger partial charge in [0.15, 0.2) is 5.96 Å². The number of hydrogen-bond donors (Lipinski definition) is 2. The Bertz CT molecular complexity index is 365. The maximum absolute atomic E-state index is 5.31. The van der Waals surface area contributed by atoms with Crippen molar-refractivity contribution in [1.82, 2.24) is 4.98 Å². The van der Waals surface area contributed by atoms with Crippen molar-refractivity contribution in [3.63, 3.8) is 0 Å². The first kappa shape index (κ1) is 9.45. The first-order valence-electron chi connectivity index (χ1n) is 4.76. The van der Waals surface area contributed by atoms with Crippen molar-refractivity contribution in [2.24, 2.45) is 16.5 Å². The van der Waals surface area contributed by atoms with Gasteiger partial charge in [-0.05, 0) is 25.2 Å². The van der Waals surface area contributed by atoms with Gasteiger partial charge in [0.05, 0.1) is 5.69 Å². The Morgan fingerprint density at radius 1 is 1.57 bits per heavy atom. The third kappa shape index (κ3) is 1.72. The molecular formula is C9H14N4S. The van der Waals surface area contributed by atoms with Crippen LogP contribution in [0.2, 0.25) is 0 Å². The number of aliphatic imine (C=N–C) groups is 1. The number of guanidine groups is 1. The van der Waals surface area contributed by atoms with Gasteiger partial charge in [0.1, 0.15) is 0 Å². The number of hydrogen-bond acceptors (Lipinski definition) is 3. The van der Waals surface area contributed by atoms with Gasteiger partial charge in [-0.25, -0.2) is 4.98 Å². The summed E-state index contributed by atoms with van der Waals surface area (Å²) < 4.78 is 0. The summed E-state index contributed by atoms with van der Waals surface area (Å²) in [7, 11) is 0. The molecule has 0 saturated carbocycles. The molecule has 1 unspecified atom stereocenters. The standard InChI is InChI=1S/C9H14N4S/c1-5-3-2-4-6-7(5)12-9(14-6)13-8(10)11/h5H,2-4H2,1H3,(H4,10,11,12,13). The Labute approximate surface area is 87.1 Å². The van der Waals surface area contributed by atoms with Crippen LogP contribution in [0, 0.1) is 0 Å². The minimum absolute atomic E-state index is 0.0868. The zero-order valence-corrected chi connectivity index (χ0v) is 8.97. The van der Waals surface area contributed by atoms with E-state index >= 15 is 0 Å². The predicted octanol–water partition coefficient (Wildman–Crippen LogP) is 1.49. The second kappa shape index (κ2) is 3.57. The molecule has 5 heteroatoms. The van der Waals surface area contributed by atoms with E-state index in [-0.39, 0.29) is 5.96 Å². The zero-order valence-electron chi connectivity index (χ0n) is 8.16. The van der Waals surface area contributed by atoms with E-state index in [4.69, 9.17) is 11.5 Å². The summed E-state index contributed by atoms with van der Waals surface area (Å²) in [6.45, 7) is 2.21. The van der Waals surface area contributed by atoms with Crippen molar-refractivity contribution in [3.05, 3.63) is 10.6 Å². The highest BCUT2D eigenvalue weighted by molar-refractivity contribution is 7.15. The van der Waals surface area contributed by atoms with Gasteiger partial charge in [0.2, 0.25) is 5.13 Å². The Kier molecular flexibility index (Phi) is 2.41. The molecule has 4 N–H and O–H groups in total. The molecule has 0 aromatic carbocycles. The third-order valence-corrected chi connectivity index (χ3v) is 3.47. The van der Waals surface area contributed by atoms with E-state index in [1.807, 2.05) is 0 Å². The molecule has 0 fully saturated rings. The van der Waals surface area contributed by atoms with E-state index in [1.54, 1.807) is 11.3 Å². The molecule has 0 radical (unpaired) electrons. The third-order valence-electron chi connectivity index (χ3n) is 2.45.